The van der Waals surface area contributed by atoms with Crippen LogP contribution in [0.15, 0.2) is 72.3 Å². The monoisotopic (exact) mass is 486 g/mol. The molecule has 34 heavy (non-hydrogen) atoms. The lowest BCUT2D eigenvalue weighted by Crippen LogP contribution is -2.31. The maximum atomic E-state index is 12.8. The zero-order chi connectivity index (χ0) is 24.5. The quantitative estimate of drug-likeness (QED) is 0.209. The maximum absolute atomic E-state index is 12.8. The Bertz CT molecular complexity index is 1490. The molecule has 2 aromatic carbocycles. The fraction of sp³-hybridized carbons (Fsp3) is 0.261. The highest BCUT2D eigenvalue weighted by Gasteiger charge is 2.35. The van der Waals surface area contributed by atoms with Crippen molar-refractivity contribution in [1.29, 1.82) is 0 Å². The van der Waals surface area contributed by atoms with E-state index in [1.807, 2.05) is 20.8 Å². The van der Waals surface area contributed by atoms with Crippen LogP contribution in [0, 0.1) is 12.1 Å². The number of benzene rings is 2. The molecule has 0 aliphatic carbocycles. The summed E-state index contributed by atoms with van der Waals surface area (Å²) in [5.41, 5.74) is 1.51. The highest BCUT2D eigenvalue weighted by atomic mass is 32.2. The molecule has 0 saturated carbocycles. The number of hydrogen-bond acceptors (Lipinski definition) is 9. The van der Waals surface area contributed by atoms with Gasteiger partial charge >= 0.3 is 16.5 Å². The average molecular weight is 487 g/mol. The molecular formula is C23H22N2O8S. The van der Waals surface area contributed by atoms with E-state index in [0.29, 0.717) is 16.9 Å². The van der Waals surface area contributed by atoms with Gasteiger partial charge in [-0.1, -0.05) is 32.0 Å². The molecule has 0 unspecified atom stereocenters. The van der Waals surface area contributed by atoms with Gasteiger partial charge < -0.3 is 19.1 Å². The smallest absolute Gasteiger partial charge is 0.415 e. The van der Waals surface area contributed by atoms with Crippen molar-refractivity contribution in [3.05, 3.63) is 75.3 Å². The Kier molecular flexibility index (Phi) is 6.29. The summed E-state index contributed by atoms with van der Waals surface area (Å²) in [6, 6.07) is 12.5. The molecule has 0 bridgehead atoms. The number of ether oxygens (including phenoxy) is 2. The van der Waals surface area contributed by atoms with Crippen molar-refractivity contribution in [2.75, 3.05) is 13.2 Å². The Morgan fingerprint density at radius 1 is 1.09 bits per heavy atom. The first kappa shape index (κ1) is 23.3. The summed E-state index contributed by atoms with van der Waals surface area (Å²) in [6.45, 7) is 5.61. The summed E-state index contributed by atoms with van der Waals surface area (Å²) in [5.74, 6) is -0.00966. The van der Waals surface area contributed by atoms with Crippen molar-refractivity contribution in [2.45, 2.75) is 36.6 Å². The first-order chi connectivity index (χ1) is 16.2. The highest BCUT2D eigenvalue weighted by molar-refractivity contribution is 7.91. The van der Waals surface area contributed by atoms with Crippen LogP contribution < -0.4 is 20.0 Å². The molecule has 10 nitrogen and oxygen atoms in total. The van der Waals surface area contributed by atoms with E-state index < -0.39 is 20.7 Å². The molecule has 0 fully saturated rings. The number of nitrogens with zero attached hydrogens (tertiary/aromatic N) is 2. The lowest BCUT2D eigenvalue weighted by molar-refractivity contribution is -0.832. The van der Waals surface area contributed by atoms with Crippen LogP contribution >= 0.6 is 0 Å². The Labute approximate surface area is 194 Å². The third kappa shape index (κ3) is 4.34. The van der Waals surface area contributed by atoms with Gasteiger partial charge in [-0.25, -0.2) is 13.2 Å². The molecule has 2 aromatic heterocycles. The van der Waals surface area contributed by atoms with Gasteiger partial charge in [0.2, 0.25) is 0 Å². The van der Waals surface area contributed by atoms with E-state index in [1.165, 1.54) is 24.3 Å². The van der Waals surface area contributed by atoms with Gasteiger partial charge in [-0.2, -0.15) is 0 Å². The molecule has 11 heteroatoms. The average Bonchev–Trinajstić information content (AvgIpc) is 3.18. The third-order valence-electron chi connectivity index (χ3n) is 5.21. The van der Waals surface area contributed by atoms with Gasteiger partial charge in [-0.3, -0.25) is 4.63 Å². The largest absolute Gasteiger partial charge is 0.490 e. The van der Waals surface area contributed by atoms with E-state index in [9.17, 15) is 18.4 Å². The summed E-state index contributed by atoms with van der Waals surface area (Å²) >= 11 is 0. The van der Waals surface area contributed by atoms with E-state index in [2.05, 4.69) is 9.79 Å². The Morgan fingerprint density at radius 3 is 2.50 bits per heavy atom. The lowest BCUT2D eigenvalue weighted by atomic mass is 9.97. The van der Waals surface area contributed by atoms with Crippen LogP contribution in [-0.4, -0.2) is 26.8 Å². The maximum Gasteiger partial charge on any atom is 0.415 e. The minimum atomic E-state index is -4.20. The molecule has 0 spiro atoms. The summed E-state index contributed by atoms with van der Waals surface area (Å²) in [5, 5.41) is 15.4. The van der Waals surface area contributed by atoms with Gasteiger partial charge in [0.25, 0.3) is 9.84 Å². The second kappa shape index (κ2) is 9.18. The van der Waals surface area contributed by atoms with Crippen LogP contribution in [0.4, 0.5) is 0 Å². The summed E-state index contributed by atoms with van der Waals surface area (Å²) in [4.78, 5) is 12.0. The van der Waals surface area contributed by atoms with Crippen molar-refractivity contribution in [1.82, 2.24) is 5.16 Å². The van der Waals surface area contributed by atoms with Crippen molar-refractivity contribution in [2.24, 2.45) is 0 Å². The van der Waals surface area contributed by atoms with Crippen LogP contribution in [0.1, 0.15) is 30.9 Å². The van der Waals surface area contributed by atoms with E-state index in [4.69, 9.17) is 13.9 Å². The Morgan fingerprint density at radius 2 is 1.79 bits per heavy atom. The van der Waals surface area contributed by atoms with Crippen molar-refractivity contribution < 1.29 is 31.8 Å². The predicted molar refractivity (Wildman–Crippen MR) is 120 cm³/mol. The number of aromatic nitrogens is 2. The fourth-order valence-corrected chi connectivity index (χ4v) is 4.94. The zero-order valence-electron chi connectivity index (χ0n) is 18.7. The van der Waals surface area contributed by atoms with E-state index in [0.717, 1.165) is 10.9 Å². The predicted octanol–water partition coefficient (Wildman–Crippen LogP) is 3.14. The van der Waals surface area contributed by atoms with Crippen LogP contribution in [0.3, 0.4) is 0 Å². The number of fused-ring (bicyclic) bond motifs is 1. The fourth-order valence-electron chi connectivity index (χ4n) is 3.65. The molecule has 0 aliphatic rings. The van der Waals surface area contributed by atoms with Crippen molar-refractivity contribution >= 4 is 20.8 Å². The lowest BCUT2D eigenvalue weighted by Gasteiger charge is -2.11. The molecular weight excluding hydrogens is 464 g/mol. The van der Waals surface area contributed by atoms with E-state index in [-0.39, 0.29) is 34.6 Å². The first-order valence-electron chi connectivity index (χ1n) is 10.4. The molecule has 178 valence electrons. The standard InChI is InChI=1S/C23H22N2O8S/c1-14(2)20-15(3)18-10-9-16(13-19(18)32-23(20)26)30-11-12-31-21-22(25(27)33-24-21)34(28,29)17-7-5-4-6-8-17/h4-10,13-14H,11-12H2,1-3H3. The second-order valence-electron chi connectivity index (χ2n) is 7.79. The van der Waals surface area contributed by atoms with Gasteiger partial charge in [0.15, 0.2) is 0 Å². The van der Waals surface area contributed by atoms with Gasteiger partial charge in [0.1, 0.15) is 24.5 Å². The normalized spacial score (nSPS) is 11.8. The second-order valence-corrected chi connectivity index (χ2v) is 9.66. The summed E-state index contributed by atoms with van der Waals surface area (Å²) < 4.78 is 46.4. The molecule has 0 radical (unpaired) electrons. The molecule has 0 atom stereocenters. The van der Waals surface area contributed by atoms with E-state index >= 15 is 0 Å². The highest BCUT2D eigenvalue weighted by Crippen LogP contribution is 2.27. The first-order valence-corrected chi connectivity index (χ1v) is 11.9. The molecule has 2 heterocycles. The Balaban J connectivity index is 1.47. The van der Waals surface area contributed by atoms with E-state index in [1.54, 1.807) is 24.3 Å². The van der Waals surface area contributed by atoms with Crippen LogP contribution in [0.5, 0.6) is 11.6 Å². The van der Waals surface area contributed by atoms with Crippen LogP contribution in [0.2, 0.25) is 0 Å². The molecule has 4 aromatic rings. The molecule has 4 rings (SSSR count). The summed E-state index contributed by atoms with van der Waals surface area (Å²) in [6.07, 6.45) is 0. The Hall–Kier alpha value is -3.86. The zero-order valence-corrected chi connectivity index (χ0v) is 19.5. The van der Waals surface area contributed by atoms with Gasteiger partial charge in [-0.05, 0) is 47.6 Å². The molecule has 0 amide bonds. The third-order valence-corrected chi connectivity index (χ3v) is 6.93. The SMILES string of the molecule is Cc1c(C(C)C)c(=O)oc2cc(OCCOc3no[n+]([O-])c3S(=O)(=O)c3ccccc3)ccc12. The minimum Gasteiger partial charge on any atom is -0.490 e. The van der Waals surface area contributed by atoms with Crippen LogP contribution in [0.25, 0.3) is 11.0 Å². The minimum absolute atomic E-state index is 0.00462. The number of rotatable bonds is 8. The number of aryl methyl sites for hydroxylation is 1. The molecule has 0 N–H and O–H groups in total. The summed E-state index contributed by atoms with van der Waals surface area (Å²) in [7, 11) is -4.20. The van der Waals surface area contributed by atoms with Gasteiger partial charge in [0.05, 0.1) is 10.1 Å². The van der Waals surface area contributed by atoms with Crippen LogP contribution in [-0.2, 0) is 9.84 Å². The number of sulfone groups is 1. The number of hydrogen-bond donors (Lipinski definition) is 0. The van der Waals surface area contributed by atoms with Gasteiger partial charge in [0, 0.05) is 17.0 Å². The molecule has 0 saturated heterocycles. The van der Waals surface area contributed by atoms with Crippen molar-refractivity contribution in [3.8, 4) is 11.6 Å². The van der Waals surface area contributed by atoms with Gasteiger partial charge in [-0.15, -0.1) is 0 Å². The van der Waals surface area contributed by atoms with Crippen molar-refractivity contribution in [3.63, 3.8) is 0 Å². The topological polar surface area (TPSA) is 136 Å². The molecule has 0 aliphatic heterocycles.